The van der Waals surface area contributed by atoms with Crippen LogP contribution in [0.3, 0.4) is 0 Å². The van der Waals surface area contributed by atoms with Gasteiger partial charge in [-0.2, -0.15) is 0 Å². The SMILES string of the molecule is COCC[n+]1cn(CCc2ccccc2)c2cc(C)ccc21. The van der Waals surface area contributed by atoms with Crippen molar-refractivity contribution < 1.29 is 9.30 Å². The number of hydrogen-bond donors (Lipinski definition) is 0. The molecule has 2 aromatic carbocycles. The van der Waals surface area contributed by atoms with Crippen LogP contribution < -0.4 is 4.57 Å². The maximum atomic E-state index is 5.23. The number of ether oxygens (including phenoxy) is 1. The van der Waals surface area contributed by atoms with Gasteiger partial charge in [-0.25, -0.2) is 9.13 Å². The summed E-state index contributed by atoms with van der Waals surface area (Å²) in [6.07, 6.45) is 3.26. The third-order valence-electron chi connectivity index (χ3n) is 4.05. The second kappa shape index (κ2) is 6.75. The Kier molecular flexibility index (Phi) is 4.54. The van der Waals surface area contributed by atoms with Crippen LogP contribution in [0.25, 0.3) is 11.0 Å². The molecule has 22 heavy (non-hydrogen) atoms. The van der Waals surface area contributed by atoms with Crippen molar-refractivity contribution in [2.75, 3.05) is 13.7 Å². The van der Waals surface area contributed by atoms with Crippen molar-refractivity contribution in [1.82, 2.24) is 4.57 Å². The summed E-state index contributed by atoms with van der Waals surface area (Å²) in [5.74, 6) is 0. The maximum absolute atomic E-state index is 5.23. The minimum absolute atomic E-state index is 0.732. The van der Waals surface area contributed by atoms with Gasteiger partial charge in [-0.15, -0.1) is 0 Å². The average molecular weight is 295 g/mol. The monoisotopic (exact) mass is 295 g/mol. The highest BCUT2D eigenvalue weighted by atomic mass is 16.5. The molecule has 0 amide bonds. The first-order chi connectivity index (χ1) is 10.8. The van der Waals surface area contributed by atoms with Crippen LogP contribution in [-0.2, 0) is 24.2 Å². The molecule has 0 radical (unpaired) electrons. The summed E-state index contributed by atoms with van der Waals surface area (Å²) >= 11 is 0. The van der Waals surface area contributed by atoms with Crippen molar-refractivity contribution in [3.8, 4) is 0 Å². The van der Waals surface area contributed by atoms with Gasteiger partial charge in [-0.05, 0) is 30.2 Å². The molecule has 0 aliphatic heterocycles. The zero-order valence-corrected chi connectivity index (χ0v) is 13.3. The Hall–Kier alpha value is -2.13. The predicted molar refractivity (Wildman–Crippen MR) is 88.9 cm³/mol. The van der Waals surface area contributed by atoms with Gasteiger partial charge in [0, 0.05) is 13.5 Å². The number of aromatic nitrogens is 2. The van der Waals surface area contributed by atoms with Crippen molar-refractivity contribution in [2.24, 2.45) is 0 Å². The second-order valence-electron chi connectivity index (χ2n) is 5.72. The Morgan fingerprint density at radius 2 is 1.91 bits per heavy atom. The molecule has 0 spiro atoms. The lowest BCUT2D eigenvalue weighted by atomic mass is 10.1. The first-order valence-electron chi connectivity index (χ1n) is 7.80. The van der Waals surface area contributed by atoms with E-state index in [1.807, 2.05) is 0 Å². The summed E-state index contributed by atoms with van der Waals surface area (Å²) in [5.41, 5.74) is 5.24. The Labute approximate surface area is 131 Å². The lowest BCUT2D eigenvalue weighted by Gasteiger charge is -1.99. The highest BCUT2D eigenvalue weighted by Crippen LogP contribution is 2.14. The van der Waals surface area contributed by atoms with Crippen molar-refractivity contribution >= 4 is 11.0 Å². The summed E-state index contributed by atoms with van der Waals surface area (Å²) in [4.78, 5) is 0. The van der Waals surface area contributed by atoms with Gasteiger partial charge in [0.2, 0.25) is 6.33 Å². The van der Waals surface area contributed by atoms with Crippen molar-refractivity contribution in [3.05, 3.63) is 66.0 Å². The summed E-state index contributed by atoms with van der Waals surface area (Å²) in [6, 6.07) is 17.3. The molecule has 0 atom stereocenters. The fraction of sp³-hybridized carbons (Fsp3) is 0.316. The zero-order chi connectivity index (χ0) is 15.4. The molecule has 0 aliphatic rings. The van der Waals surface area contributed by atoms with Gasteiger partial charge in [0.15, 0.2) is 11.0 Å². The molecule has 0 N–H and O–H groups in total. The molecule has 0 saturated heterocycles. The van der Waals surface area contributed by atoms with Crippen LogP contribution in [0.15, 0.2) is 54.9 Å². The quantitative estimate of drug-likeness (QED) is 0.639. The molecule has 0 fully saturated rings. The molecular formula is C19H23N2O+. The van der Waals surface area contributed by atoms with Gasteiger partial charge in [0.25, 0.3) is 0 Å². The van der Waals surface area contributed by atoms with E-state index in [1.165, 1.54) is 22.2 Å². The minimum Gasteiger partial charge on any atom is -0.381 e. The van der Waals surface area contributed by atoms with E-state index in [0.717, 1.165) is 26.1 Å². The van der Waals surface area contributed by atoms with E-state index in [4.69, 9.17) is 4.74 Å². The number of imidazole rings is 1. The third kappa shape index (κ3) is 3.20. The lowest BCUT2D eigenvalue weighted by molar-refractivity contribution is -0.673. The molecule has 1 aromatic heterocycles. The molecule has 0 bridgehead atoms. The molecule has 3 rings (SSSR count). The van der Waals surface area contributed by atoms with Gasteiger partial charge in [0.05, 0.1) is 13.2 Å². The predicted octanol–water partition coefficient (Wildman–Crippen LogP) is 3.13. The fourth-order valence-electron chi connectivity index (χ4n) is 2.84. The summed E-state index contributed by atoms with van der Waals surface area (Å²) in [5, 5.41) is 0. The summed E-state index contributed by atoms with van der Waals surface area (Å²) in [7, 11) is 1.75. The summed E-state index contributed by atoms with van der Waals surface area (Å²) in [6.45, 7) is 4.75. The largest absolute Gasteiger partial charge is 0.381 e. The highest BCUT2D eigenvalue weighted by molar-refractivity contribution is 5.72. The van der Waals surface area contributed by atoms with Crippen LogP contribution in [0.1, 0.15) is 11.1 Å². The Morgan fingerprint density at radius 1 is 1.09 bits per heavy atom. The van der Waals surface area contributed by atoms with E-state index in [1.54, 1.807) is 7.11 Å². The number of rotatable bonds is 6. The normalized spacial score (nSPS) is 11.2. The van der Waals surface area contributed by atoms with E-state index >= 15 is 0 Å². The van der Waals surface area contributed by atoms with Crippen LogP contribution in [0, 0.1) is 6.92 Å². The van der Waals surface area contributed by atoms with Gasteiger partial charge in [-0.1, -0.05) is 36.4 Å². The molecule has 0 aliphatic carbocycles. The molecule has 0 unspecified atom stereocenters. The number of methoxy groups -OCH3 is 1. The molecule has 1 heterocycles. The van der Waals surface area contributed by atoms with Crippen LogP contribution in [0.4, 0.5) is 0 Å². The van der Waals surface area contributed by atoms with Crippen LogP contribution in [0.5, 0.6) is 0 Å². The van der Waals surface area contributed by atoms with E-state index < -0.39 is 0 Å². The van der Waals surface area contributed by atoms with E-state index in [9.17, 15) is 0 Å². The van der Waals surface area contributed by atoms with Gasteiger partial charge in [0.1, 0.15) is 6.54 Å². The first-order valence-corrected chi connectivity index (χ1v) is 7.80. The average Bonchev–Trinajstić information content (AvgIpc) is 2.89. The number of nitrogens with zero attached hydrogens (tertiary/aromatic N) is 2. The Balaban J connectivity index is 1.89. The molecule has 0 saturated carbocycles. The third-order valence-corrected chi connectivity index (χ3v) is 4.05. The molecule has 3 aromatic rings. The minimum atomic E-state index is 0.732. The van der Waals surface area contributed by atoms with E-state index in [0.29, 0.717) is 0 Å². The molecule has 3 nitrogen and oxygen atoms in total. The fourth-order valence-corrected chi connectivity index (χ4v) is 2.84. The van der Waals surface area contributed by atoms with Crippen LogP contribution >= 0.6 is 0 Å². The molecule has 3 heteroatoms. The van der Waals surface area contributed by atoms with Gasteiger partial charge in [-0.3, -0.25) is 0 Å². The van der Waals surface area contributed by atoms with Crippen molar-refractivity contribution in [1.29, 1.82) is 0 Å². The van der Waals surface area contributed by atoms with Crippen molar-refractivity contribution in [2.45, 2.75) is 26.4 Å². The topological polar surface area (TPSA) is 18.0 Å². The Morgan fingerprint density at radius 3 is 2.68 bits per heavy atom. The number of fused-ring (bicyclic) bond motifs is 1. The second-order valence-corrected chi connectivity index (χ2v) is 5.72. The van der Waals surface area contributed by atoms with Crippen LogP contribution in [-0.4, -0.2) is 18.3 Å². The zero-order valence-electron chi connectivity index (χ0n) is 13.3. The van der Waals surface area contributed by atoms with E-state index in [-0.39, 0.29) is 0 Å². The number of hydrogen-bond acceptors (Lipinski definition) is 1. The number of aryl methyl sites for hydroxylation is 3. The van der Waals surface area contributed by atoms with E-state index in [2.05, 4.69) is 70.9 Å². The lowest BCUT2D eigenvalue weighted by Crippen LogP contribution is -2.34. The maximum Gasteiger partial charge on any atom is 0.244 e. The smallest absolute Gasteiger partial charge is 0.244 e. The van der Waals surface area contributed by atoms with Crippen molar-refractivity contribution in [3.63, 3.8) is 0 Å². The Bertz CT molecular complexity index is 747. The summed E-state index contributed by atoms with van der Waals surface area (Å²) < 4.78 is 9.86. The molecule has 114 valence electrons. The molecular weight excluding hydrogens is 272 g/mol. The van der Waals surface area contributed by atoms with Crippen LogP contribution in [0.2, 0.25) is 0 Å². The van der Waals surface area contributed by atoms with Gasteiger partial charge >= 0.3 is 0 Å². The first kappa shape index (κ1) is 14.8. The standard InChI is InChI=1S/C19H23N2O/c1-16-8-9-18-19(14-16)20(15-21(18)12-13-22-2)11-10-17-6-4-3-5-7-17/h3-9,14-15H,10-13H2,1-2H3/q+1. The van der Waals surface area contributed by atoms with Gasteiger partial charge < -0.3 is 4.74 Å². The highest BCUT2D eigenvalue weighted by Gasteiger charge is 2.15. The number of benzene rings is 2.